The third-order valence-electron chi connectivity index (χ3n) is 4.33. The molecule has 1 aromatic carbocycles. The molecule has 7 nitrogen and oxygen atoms in total. The van der Waals surface area contributed by atoms with Crippen molar-refractivity contribution in [2.24, 2.45) is 0 Å². The molecular weight excluding hydrogens is 422 g/mol. The Kier molecular flexibility index (Phi) is 5.11. The zero-order valence-corrected chi connectivity index (χ0v) is 16.4. The number of carbonyl (C=O) groups excluding carboxylic acids is 1. The van der Waals surface area contributed by atoms with Crippen molar-refractivity contribution in [2.75, 3.05) is 11.9 Å². The van der Waals surface area contributed by atoms with Crippen LogP contribution in [-0.2, 0) is 23.0 Å². The van der Waals surface area contributed by atoms with E-state index in [2.05, 4.69) is 15.3 Å². The first-order valence-corrected chi connectivity index (χ1v) is 10.8. The van der Waals surface area contributed by atoms with Crippen molar-refractivity contribution in [3.05, 3.63) is 70.5 Å². The molecule has 2 aromatic heterocycles. The van der Waals surface area contributed by atoms with E-state index in [-0.39, 0.29) is 18.8 Å². The van der Waals surface area contributed by atoms with Crippen molar-refractivity contribution in [1.29, 1.82) is 0 Å². The fourth-order valence-electron chi connectivity index (χ4n) is 2.91. The van der Waals surface area contributed by atoms with Gasteiger partial charge in [0, 0.05) is 30.1 Å². The molecule has 3 heterocycles. The van der Waals surface area contributed by atoms with Gasteiger partial charge in [-0.05, 0) is 24.3 Å². The maximum atomic E-state index is 14.0. The highest BCUT2D eigenvalue weighted by Crippen LogP contribution is 2.32. The number of rotatable bonds is 4. The van der Waals surface area contributed by atoms with Crippen LogP contribution in [0.2, 0.25) is 0 Å². The lowest BCUT2D eigenvalue weighted by Gasteiger charge is -2.25. The van der Waals surface area contributed by atoms with E-state index in [0.717, 1.165) is 27.8 Å². The number of nitrogens with one attached hydrogen (secondary N) is 1. The number of sulfonamides is 1. The van der Waals surface area contributed by atoms with Crippen LogP contribution in [-0.4, -0.2) is 35.1 Å². The molecule has 0 spiro atoms. The van der Waals surface area contributed by atoms with Crippen LogP contribution in [0.1, 0.15) is 21.1 Å². The Labute approximate surface area is 169 Å². The molecule has 0 saturated heterocycles. The minimum absolute atomic E-state index is 0.00833. The highest BCUT2D eigenvalue weighted by Gasteiger charge is 2.32. The van der Waals surface area contributed by atoms with Crippen molar-refractivity contribution < 1.29 is 22.0 Å². The summed E-state index contributed by atoms with van der Waals surface area (Å²) in [5, 5.41) is 2.98. The summed E-state index contributed by atoms with van der Waals surface area (Å²) in [6, 6.07) is 7.31. The Bertz CT molecular complexity index is 1180. The molecule has 1 aliphatic heterocycles. The summed E-state index contributed by atoms with van der Waals surface area (Å²) >= 11 is 1.15. The van der Waals surface area contributed by atoms with Crippen LogP contribution in [0.5, 0.6) is 0 Å². The normalized spacial score (nSPS) is 14.4. The second-order valence-corrected chi connectivity index (χ2v) is 9.21. The molecule has 0 bridgehead atoms. The topological polar surface area (TPSA) is 92.3 Å². The summed E-state index contributed by atoms with van der Waals surface area (Å²) < 4.78 is 53.8. The lowest BCUT2D eigenvalue weighted by molar-refractivity contribution is 0.102. The molecule has 3 aromatic rings. The first-order chi connectivity index (χ1) is 13.8. The van der Waals surface area contributed by atoms with Gasteiger partial charge in [-0.2, -0.15) is 4.31 Å². The monoisotopic (exact) mass is 436 g/mol. The van der Waals surface area contributed by atoms with Gasteiger partial charge in [0.1, 0.15) is 22.2 Å². The van der Waals surface area contributed by atoms with Gasteiger partial charge in [-0.1, -0.05) is 6.07 Å². The van der Waals surface area contributed by atoms with Crippen LogP contribution in [0, 0.1) is 11.6 Å². The number of benzene rings is 1. The second-order valence-electron chi connectivity index (χ2n) is 6.22. The van der Waals surface area contributed by atoms with Gasteiger partial charge in [-0.15, -0.1) is 11.3 Å². The highest BCUT2D eigenvalue weighted by molar-refractivity contribution is 7.89. The average molecular weight is 436 g/mol. The first-order valence-electron chi connectivity index (χ1n) is 8.51. The third kappa shape index (κ3) is 3.88. The largest absolute Gasteiger partial charge is 0.296 e. The quantitative estimate of drug-likeness (QED) is 0.679. The number of hydrogen-bond acceptors (Lipinski definition) is 6. The molecule has 0 atom stereocenters. The molecule has 1 amide bonds. The summed E-state index contributed by atoms with van der Waals surface area (Å²) in [6.45, 7) is 0.0924. The van der Waals surface area contributed by atoms with Gasteiger partial charge >= 0.3 is 0 Å². The maximum Gasteiger partial charge on any atom is 0.276 e. The number of carbonyl (C=O) groups is 1. The number of aromatic nitrogens is 2. The predicted molar refractivity (Wildman–Crippen MR) is 102 cm³/mol. The number of halogens is 2. The molecule has 0 radical (unpaired) electrons. The predicted octanol–water partition coefficient (Wildman–Crippen LogP) is 2.82. The van der Waals surface area contributed by atoms with Crippen LogP contribution in [0.15, 0.2) is 47.5 Å². The molecular formula is C18H14F2N4O3S2. The van der Waals surface area contributed by atoms with E-state index in [1.165, 1.54) is 6.20 Å². The standard InChI is InChI=1S/C18H14F2N4O3S2/c19-11-4-5-16(12(20)9-11)29(26,27)24-8-6-13-15(10-24)28-18(22-13)23-17(25)14-3-1-2-7-21-14/h1-5,7,9H,6,8,10H2,(H,22,23,25). The maximum absolute atomic E-state index is 14.0. The number of thiazole rings is 1. The number of anilines is 1. The van der Waals surface area contributed by atoms with E-state index in [9.17, 15) is 22.0 Å². The van der Waals surface area contributed by atoms with Crippen molar-refractivity contribution in [2.45, 2.75) is 17.9 Å². The van der Waals surface area contributed by atoms with Crippen LogP contribution < -0.4 is 5.32 Å². The molecule has 0 saturated carbocycles. The molecule has 0 fully saturated rings. The summed E-state index contributed by atoms with van der Waals surface area (Å²) in [7, 11) is -4.14. The summed E-state index contributed by atoms with van der Waals surface area (Å²) in [6.07, 6.45) is 1.81. The minimum Gasteiger partial charge on any atom is -0.296 e. The molecule has 0 unspecified atom stereocenters. The van der Waals surface area contributed by atoms with Gasteiger partial charge in [-0.25, -0.2) is 22.2 Å². The third-order valence-corrected chi connectivity index (χ3v) is 7.20. The highest BCUT2D eigenvalue weighted by atomic mass is 32.2. The summed E-state index contributed by atoms with van der Waals surface area (Å²) in [5.74, 6) is -2.41. The smallest absolute Gasteiger partial charge is 0.276 e. The molecule has 1 N–H and O–H groups in total. The number of amides is 1. The molecule has 150 valence electrons. The Balaban J connectivity index is 1.54. The van der Waals surface area contributed by atoms with E-state index in [1.807, 2.05) is 0 Å². The van der Waals surface area contributed by atoms with E-state index in [4.69, 9.17) is 0 Å². The zero-order chi connectivity index (χ0) is 20.6. The Hall–Kier alpha value is -2.76. The summed E-state index contributed by atoms with van der Waals surface area (Å²) in [5.41, 5.74) is 0.911. The van der Waals surface area contributed by atoms with Gasteiger partial charge < -0.3 is 0 Å². The molecule has 1 aliphatic rings. The van der Waals surface area contributed by atoms with E-state index < -0.39 is 32.5 Å². The fourth-order valence-corrected chi connectivity index (χ4v) is 5.47. The lowest BCUT2D eigenvalue weighted by Crippen LogP contribution is -2.36. The first kappa shape index (κ1) is 19.6. The minimum atomic E-state index is -4.14. The average Bonchev–Trinajstić information content (AvgIpc) is 3.09. The van der Waals surface area contributed by atoms with Crippen LogP contribution in [0.4, 0.5) is 13.9 Å². The lowest BCUT2D eigenvalue weighted by atomic mass is 10.2. The number of nitrogens with zero attached hydrogens (tertiary/aromatic N) is 3. The molecule has 0 aliphatic carbocycles. The van der Waals surface area contributed by atoms with E-state index in [0.29, 0.717) is 28.2 Å². The van der Waals surface area contributed by atoms with Crippen molar-refractivity contribution in [3.8, 4) is 0 Å². The van der Waals surface area contributed by atoms with E-state index >= 15 is 0 Å². The summed E-state index contributed by atoms with van der Waals surface area (Å²) in [4.78, 5) is 20.6. The zero-order valence-electron chi connectivity index (χ0n) is 14.8. The molecule has 11 heteroatoms. The Morgan fingerprint density at radius 2 is 2.03 bits per heavy atom. The number of hydrogen-bond donors (Lipinski definition) is 1. The van der Waals surface area contributed by atoms with Gasteiger partial charge in [0.25, 0.3) is 5.91 Å². The van der Waals surface area contributed by atoms with Crippen LogP contribution in [0.3, 0.4) is 0 Å². The van der Waals surface area contributed by atoms with E-state index in [1.54, 1.807) is 18.2 Å². The van der Waals surface area contributed by atoms with Gasteiger partial charge in [0.05, 0.1) is 12.2 Å². The van der Waals surface area contributed by atoms with Crippen LogP contribution >= 0.6 is 11.3 Å². The SMILES string of the molecule is O=C(Nc1nc2c(s1)CN(S(=O)(=O)c1ccc(F)cc1F)CC2)c1ccccn1. The van der Waals surface area contributed by atoms with Crippen molar-refractivity contribution in [1.82, 2.24) is 14.3 Å². The van der Waals surface area contributed by atoms with Gasteiger partial charge in [-0.3, -0.25) is 15.1 Å². The fraction of sp³-hybridized carbons (Fsp3) is 0.167. The Morgan fingerprint density at radius 3 is 2.76 bits per heavy atom. The molecule has 4 rings (SSSR count). The molecule has 29 heavy (non-hydrogen) atoms. The van der Waals surface area contributed by atoms with Gasteiger partial charge in [0.15, 0.2) is 5.13 Å². The second kappa shape index (κ2) is 7.58. The Morgan fingerprint density at radius 1 is 1.21 bits per heavy atom. The van der Waals surface area contributed by atoms with Gasteiger partial charge in [0.2, 0.25) is 10.0 Å². The van der Waals surface area contributed by atoms with Crippen molar-refractivity contribution in [3.63, 3.8) is 0 Å². The number of fused-ring (bicyclic) bond motifs is 1. The van der Waals surface area contributed by atoms with Crippen molar-refractivity contribution >= 4 is 32.4 Å². The number of pyridine rings is 1. The van der Waals surface area contributed by atoms with Crippen LogP contribution in [0.25, 0.3) is 0 Å².